The fourth-order valence-electron chi connectivity index (χ4n) is 2.41. The van der Waals surface area contributed by atoms with Gasteiger partial charge in [0.05, 0.1) is 10.9 Å². The molecule has 0 aliphatic rings. The molecule has 0 fully saturated rings. The van der Waals surface area contributed by atoms with E-state index in [1.807, 2.05) is 30.3 Å². The molecule has 0 saturated heterocycles. The van der Waals surface area contributed by atoms with Gasteiger partial charge in [0.1, 0.15) is 6.61 Å². The minimum Gasteiger partial charge on any atom is -0.445 e. The molecule has 0 radical (unpaired) electrons. The van der Waals surface area contributed by atoms with Crippen LogP contribution in [-0.2, 0) is 11.3 Å². The summed E-state index contributed by atoms with van der Waals surface area (Å²) < 4.78 is 9.65. The molecule has 0 aliphatic carbocycles. The first-order valence-electron chi connectivity index (χ1n) is 7.91. The van der Waals surface area contributed by atoms with Crippen molar-refractivity contribution in [2.45, 2.75) is 6.61 Å². The van der Waals surface area contributed by atoms with Gasteiger partial charge in [-0.3, -0.25) is 4.98 Å². The van der Waals surface area contributed by atoms with Crippen LogP contribution in [0.1, 0.15) is 11.1 Å². The quantitative estimate of drug-likeness (QED) is 0.734. The zero-order valence-electron chi connectivity index (χ0n) is 13.7. The van der Waals surface area contributed by atoms with Crippen molar-refractivity contribution in [1.82, 2.24) is 10.3 Å². The van der Waals surface area contributed by atoms with Gasteiger partial charge in [-0.15, -0.1) is 0 Å². The van der Waals surface area contributed by atoms with Crippen molar-refractivity contribution >= 4 is 23.1 Å². The highest BCUT2D eigenvalue weighted by atomic mass is 16.5. The van der Waals surface area contributed by atoms with Crippen LogP contribution in [0.2, 0.25) is 0 Å². The van der Waals surface area contributed by atoms with Crippen molar-refractivity contribution in [3.63, 3.8) is 0 Å². The number of ether oxygens (including phenoxy) is 1. The van der Waals surface area contributed by atoms with Crippen molar-refractivity contribution in [1.29, 1.82) is 0 Å². The number of aromatic nitrogens is 1. The van der Waals surface area contributed by atoms with Crippen LogP contribution in [0.4, 0.5) is 4.79 Å². The number of benzene rings is 2. The third-order valence-electron chi connectivity index (χ3n) is 3.60. The first-order valence-corrected chi connectivity index (χ1v) is 7.91. The number of hydrogen-bond acceptors (Lipinski definition) is 5. The van der Waals surface area contributed by atoms with Crippen LogP contribution in [0.3, 0.4) is 0 Å². The molecule has 0 atom stereocenters. The minimum atomic E-state index is -0.800. The SMILES string of the molecule is O=C(NCC=Cc1cccc2[nH]c(=O)oc(=O)c12)OCc1ccccc1. The van der Waals surface area contributed by atoms with Gasteiger partial charge in [0.2, 0.25) is 0 Å². The van der Waals surface area contributed by atoms with Gasteiger partial charge in [-0.25, -0.2) is 14.4 Å². The third kappa shape index (κ3) is 4.27. The van der Waals surface area contributed by atoms with Gasteiger partial charge in [-0.05, 0) is 17.2 Å². The molecule has 2 aromatic carbocycles. The summed E-state index contributed by atoms with van der Waals surface area (Å²) in [6, 6.07) is 14.4. The molecule has 0 aliphatic heterocycles. The van der Waals surface area contributed by atoms with E-state index in [1.165, 1.54) is 0 Å². The number of H-pyrrole nitrogens is 1. The van der Waals surface area contributed by atoms with E-state index in [0.717, 1.165) is 5.56 Å². The van der Waals surface area contributed by atoms with Gasteiger partial charge in [-0.1, -0.05) is 54.6 Å². The molecule has 3 rings (SSSR count). The summed E-state index contributed by atoms with van der Waals surface area (Å²) >= 11 is 0. The molecule has 132 valence electrons. The number of carbonyl (C=O) groups is 1. The van der Waals surface area contributed by atoms with Gasteiger partial charge in [0.25, 0.3) is 0 Å². The number of nitrogens with one attached hydrogen (secondary N) is 2. The summed E-state index contributed by atoms with van der Waals surface area (Å²) in [7, 11) is 0. The summed E-state index contributed by atoms with van der Waals surface area (Å²) in [6.45, 7) is 0.410. The molecule has 7 heteroatoms. The Balaban J connectivity index is 1.59. The van der Waals surface area contributed by atoms with Crippen molar-refractivity contribution in [3.8, 4) is 0 Å². The number of aromatic amines is 1. The lowest BCUT2D eigenvalue weighted by Crippen LogP contribution is -2.24. The Morgan fingerprint density at radius 1 is 1.12 bits per heavy atom. The predicted octanol–water partition coefficient (Wildman–Crippen LogP) is 2.42. The lowest BCUT2D eigenvalue weighted by molar-refractivity contribution is 0.141. The Morgan fingerprint density at radius 3 is 2.73 bits per heavy atom. The van der Waals surface area contributed by atoms with Gasteiger partial charge < -0.3 is 14.5 Å². The molecule has 7 nitrogen and oxygen atoms in total. The Morgan fingerprint density at radius 2 is 1.92 bits per heavy atom. The molecule has 0 spiro atoms. The Kier molecular flexibility index (Phi) is 5.28. The lowest BCUT2D eigenvalue weighted by atomic mass is 10.1. The van der Waals surface area contributed by atoms with Crippen molar-refractivity contribution in [2.75, 3.05) is 6.54 Å². The molecular formula is C19H16N2O5. The first-order chi connectivity index (χ1) is 12.6. The molecule has 0 saturated carbocycles. The zero-order valence-corrected chi connectivity index (χ0v) is 13.7. The number of fused-ring (bicyclic) bond motifs is 1. The molecule has 1 amide bonds. The molecule has 1 aromatic heterocycles. The van der Waals surface area contributed by atoms with Gasteiger partial charge in [-0.2, -0.15) is 0 Å². The van der Waals surface area contributed by atoms with Crippen molar-refractivity contribution < 1.29 is 13.9 Å². The maximum absolute atomic E-state index is 11.9. The van der Waals surface area contributed by atoms with Crippen LogP contribution >= 0.6 is 0 Å². The normalized spacial score (nSPS) is 10.9. The summed E-state index contributed by atoms with van der Waals surface area (Å²) in [5.41, 5.74) is 1.16. The highest BCUT2D eigenvalue weighted by Gasteiger charge is 2.06. The zero-order chi connectivity index (χ0) is 18.4. The number of alkyl carbamates (subject to hydrolysis) is 1. The summed E-state index contributed by atoms with van der Waals surface area (Å²) in [4.78, 5) is 37.2. The number of hydrogen-bond donors (Lipinski definition) is 2. The van der Waals surface area contributed by atoms with E-state index in [1.54, 1.807) is 30.4 Å². The van der Waals surface area contributed by atoms with Crippen LogP contribution in [0.15, 0.2) is 68.6 Å². The number of carbonyl (C=O) groups excluding carboxylic acids is 1. The summed E-state index contributed by atoms with van der Waals surface area (Å²) in [6.07, 6.45) is 2.79. The van der Waals surface area contributed by atoms with Crippen LogP contribution < -0.4 is 16.7 Å². The van der Waals surface area contributed by atoms with Crippen molar-refractivity contribution in [3.05, 3.63) is 86.7 Å². The average Bonchev–Trinajstić information content (AvgIpc) is 2.64. The molecule has 0 bridgehead atoms. The molecule has 2 N–H and O–H groups in total. The monoisotopic (exact) mass is 352 g/mol. The second kappa shape index (κ2) is 7.98. The summed E-state index contributed by atoms with van der Waals surface area (Å²) in [5.74, 6) is -0.800. The first kappa shape index (κ1) is 17.2. The molecule has 26 heavy (non-hydrogen) atoms. The summed E-state index contributed by atoms with van der Waals surface area (Å²) in [5, 5.41) is 2.86. The van der Waals surface area contributed by atoms with Gasteiger partial charge in [0, 0.05) is 6.54 Å². The van der Waals surface area contributed by atoms with Crippen LogP contribution in [0.25, 0.3) is 17.0 Å². The predicted molar refractivity (Wildman–Crippen MR) is 96.8 cm³/mol. The Bertz CT molecular complexity index is 1050. The standard InChI is InChI=1S/C19H16N2O5/c22-17-16-14(8-4-10-15(16)21-19(24)26-17)9-5-11-20-18(23)25-12-13-6-2-1-3-7-13/h1-10H,11-12H2,(H,20,23)(H,21,24). The lowest BCUT2D eigenvalue weighted by Gasteiger charge is -2.05. The van der Waals surface area contributed by atoms with Gasteiger partial charge in [0.15, 0.2) is 0 Å². The van der Waals surface area contributed by atoms with Crippen LogP contribution in [-0.4, -0.2) is 17.6 Å². The van der Waals surface area contributed by atoms with E-state index in [0.29, 0.717) is 11.1 Å². The van der Waals surface area contributed by atoms with Gasteiger partial charge >= 0.3 is 17.5 Å². The van der Waals surface area contributed by atoms with Crippen LogP contribution in [0, 0.1) is 0 Å². The highest BCUT2D eigenvalue weighted by Crippen LogP contribution is 2.13. The number of rotatable bonds is 5. The Hall–Kier alpha value is -3.61. The maximum atomic E-state index is 11.9. The largest absolute Gasteiger partial charge is 0.445 e. The molecular weight excluding hydrogens is 336 g/mol. The number of amides is 1. The second-order valence-electron chi connectivity index (χ2n) is 5.42. The second-order valence-corrected chi connectivity index (χ2v) is 5.42. The van der Waals surface area contributed by atoms with E-state index >= 15 is 0 Å². The topological polar surface area (TPSA) is 101 Å². The fraction of sp³-hybridized carbons (Fsp3) is 0.105. The van der Waals surface area contributed by atoms with E-state index in [4.69, 9.17) is 4.74 Å². The highest BCUT2D eigenvalue weighted by molar-refractivity contribution is 5.86. The minimum absolute atomic E-state index is 0.189. The Labute approximate surface area is 147 Å². The molecule has 1 heterocycles. The van der Waals surface area contributed by atoms with Crippen LogP contribution in [0.5, 0.6) is 0 Å². The van der Waals surface area contributed by atoms with Crippen molar-refractivity contribution in [2.24, 2.45) is 0 Å². The van der Waals surface area contributed by atoms with E-state index in [2.05, 4.69) is 14.7 Å². The van der Waals surface area contributed by atoms with E-state index in [-0.39, 0.29) is 18.5 Å². The maximum Gasteiger partial charge on any atom is 0.419 e. The molecule has 3 aromatic rings. The third-order valence-corrected chi connectivity index (χ3v) is 3.60. The molecule has 0 unspecified atom stereocenters. The van der Waals surface area contributed by atoms with E-state index in [9.17, 15) is 14.4 Å². The average molecular weight is 352 g/mol. The van der Waals surface area contributed by atoms with E-state index < -0.39 is 17.5 Å². The smallest absolute Gasteiger partial charge is 0.419 e. The fourth-order valence-corrected chi connectivity index (χ4v) is 2.41.